The van der Waals surface area contributed by atoms with Crippen LogP contribution < -0.4 is 10.1 Å². The highest BCUT2D eigenvalue weighted by molar-refractivity contribution is 7.22. The maximum Gasteiger partial charge on any atom is 0.226 e. The molecule has 0 aliphatic carbocycles. The third-order valence-corrected chi connectivity index (χ3v) is 5.26. The lowest BCUT2D eigenvalue weighted by Gasteiger charge is -2.04. The van der Waals surface area contributed by atoms with Crippen LogP contribution in [0.3, 0.4) is 0 Å². The molecule has 6 nitrogen and oxygen atoms in total. The summed E-state index contributed by atoms with van der Waals surface area (Å²) in [5.41, 5.74) is 2.88. The van der Waals surface area contributed by atoms with Crippen molar-refractivity contribution in [1.29, 1.82) is 0 Å². The molecular formula is C21H20N4O2S. The molecule has 1 N–H and O–H groups in total. The van der Waals surface area contributed by atoms with Gasteiger partial charge in [0, 0.05) is 25.7 Å². The Labute approximate surface area is 166 Å². The molecule has 7 heteroatoms. The monoisotopic (exact) mass is 392 g/mol. The third-order valence-electron chi connectivity index (χ3n) is 4.32. The van der Waals surface area contributed by atoms with E-state index in [1.54, 1.807) is 4.68 Å². The lowest BCUT2D eigenvalue weighted by Crippen LogP contribution is -2.12. The molecule has 0 unspecified atom stereocenters. The van der Waals surface area contributed by atoms with Gasteiger partial charge in [-0.15, -0.1) is 0 Å². The zero-order chi connectivity index (χ0) is 19.5. The van der Waals surface area contributed by atoms with Crippen molar-refractivity contribution in [3.8, 4) is 11.5 Å². The Morgan fingerprint density at radius 2 is 2.00 bits per heavy atom. The molecule has 0 aliphatic rings. The van der Waals surface area contributed by atoms with Crippen molar-refractivity contribution in [2.24, 2.45) is 7.05 Å². The molecule has 142 valence electrons. The van der Waals surface area contributed by atoms with Gasteiger partial charge < -0.3 is 10.1 Å². The summed E-state index contributed by atoms with van der Waals surface area (Å²) in [6.07, 6.45) is 3.00. The summed E-state index contributed by atoms with van der Waals surface area (Å²) in [4.78, 5) is 16.8. The van der Waals surface area contributed by atoms with Gasteiger partial charge in [-0.3, -0.25) is 9.48 Å². The number of aryl methyl sites for hydroxylation is 3. The number of carbonyl (C=O) groups is 1. The fourth-order valence-corrected chi connectivity index (χ4v) is 3.88. The number of fused-ring (bicyclic) bond motifs is 1. The lowest BCUT2D eigenvalue weighted by molar-refractivity contribution is -0.116. The maximum absolute atomic E-state index is 12.3. The Morgan fingerprint density at radius 3 is 2.75 bits per heavy atom. The molecule has 0 saturated carbocycles. The van der Waals surface area contributed by atoms with Gasteiger partial charge in [-0.25, -0.2) is 4.98 Å². The van der Waals surface area contributed by atoms with Crippen molar-refractivity contribution in [2.75, 3.05) is 5.32 Å². The van der Waals surface area contributed by atoms with Gasteiger partial charge in [0.2, 0.25) is 5.91 Å². The van der Waals surface area contributed by atoms with Gasteiger partial charge in [-0.1, -0.05) is 29.5 Å². The summed E-state index contributed by atoms with van der Waals surface area (Å²) < 4.78 is 8.59. The Bertz CT molecular complexity index is 1120. The third kappa shape index (κ3) is 4.20. The van der Waals surface area contributed by atoms with Gasteiger partial charge in [-0.05, 0) is 43.2 Å². The average molecular weight is 392 g/mol. The molecule has 0 aliphatic heterocycles. The van der Waals surface area contributed by atoms with Gasteiger partial charge in [0.05, 0.1) is 15.9 Å². The van der Waals surface area contributed by atoms with Crippen LogP contribution in [0.15, 0.2) is 54.7 Å². The van der Waals surface area contributed by atoms with Crippen LogP contribution >= 0.6 is 11.3 Å². The first-order valence-electron chi connectivity index (χ1n) is 8.99. The van der Waals surface area contributed by atoms with Crippen molar-refractivity contribution in [3.63, 3.8) is 0 Å². The number of anilines is 1. The molecule has 0 bridgehead atoms. The standard InChI is InChI=1S/C21H20N4O2S/c1-14-15(13-25(2)24-14)8-11-20(26)23-21-22-18-10-9-17(12-19(18)28-21)27-16-6-4-3-5-7-16/h3-7,9-10,12-13H,8,11H2,1-2H3,(H,22,23,26). The van der Waals surface area contributed by atoms with Crippen molar-refractivity contribution in [3.05, 3.63) is 66.0 Å². The Kier molecular flexibility index (Phi) is 5.08. The highest BCUT2D eigenvalue weighted by atomic mass is 32.1. The quantitative estimate of drug-likeness (QED) is 0.516. The van der Waals surface area contributed by atoms with Crippen molar-refractivity contribution in [1.82, 2.24) is 14.8 Å². The SMILES string of the molecule is Cc1nn(C)cc1CCC(=O)Nc1nc2ccc(Oc3ccccc3)cc2s1. The zero-order valence-electron chi connectivity index (χ0n) is 15.7. The number of ether oxygens (including phenoxy) is 1. The van der Waals surface area contributed by atoms with Crippen molar-refractivity contribution < 1.29 is 9.53 Å². The topological polar surface area (TPSA) is 69.0 Å². The number of hydrogen-bond donors (Lipinski definition) is 1. The second-order valence-electron chi connectivity index (χ2n) is 6.53. The second kappa shape index (κ2) is 7.82. The summed E-state index contributed by atoms with van der Waals surface area (Å²) in [7, 11) is 1.88. The first-order chi connectivity index (χ1) is 13.6. The molecule has 2 aromatic heterocycles. The van der Waals surface area contributed by atoms with E-state index in [0.717, 1.165) is 33.0 Å². The molecule has 1 amide bonds. The summed E-state index contributed by atoms with van der Waals surface area (Å²) in [6, 6.07) is 15.4. The summed E-state index contributed by atoms with van der Waals surface area (Å²) in [6.45, 7) is 1.95. The van der Waals surface area contributed by atoms with E-state index in [4.69, 9.17) is 4.74 Å². The summed E-state index contributed by atoms with van der Waals surface area (Å²) in [5.74, 6) is 1.47. The van der Waals surface area contributed by atoms with Crippen LogP contribution in [0.25, 0.3) is 10.2 Å². The Hall–Kier alpha value is -3.19. The molecule has 0 atom stereocenters. The van der Waals surface area contributed by atoms with Crippen molar-refractivity contribution in [2.45, 2.75) is 19.8 Å². The fraction of sp³-hybridized carbons (Fsp3) is 0.190. The van der Waals surface area contributed by atoms with Gasteiger partial charge in [0.25, 0.3) is 0 Å². The van der Waals surface area contributed by atoms with Crippen LogP contribution in [0.1, 0.15) is 17.7 Å². The zero-order valence-corrected chi connectivity index (χ0v) is 16.5. The number of hydrogen-bond acceptors (Lipinski definition) is 5. The van der Waals surface area contributed by atoms with E-state index in [1.807, 2.05) is 68.7 Å². The predicted octanol–water partition coefficient (Wildman–Crippen LogP) is 4.70. The number of aromatic nitrogens is 3. The highest BCUT2D eigenvalue weighted by Crippen LogP contribution is 2.31. The number of para-hydroxylation sites is 1. The van der Waals surface area contributed by atoms with Crippen LogP contribution in [0, 0.1) is 6.92 Å². The number of amides is 1. The molecule has 4 rings (SSSR count). The Balaban J connectivity index is 1.41. The molecule has 2 heterocycles. The molecule has 28 heavy (non-hydrogen) atoms. The van der Waals surface area contributed by atoms with E-state index in [0.29, 0.717) is 18.0 Å². The average Bonchev–Trinajstić information content (AvgIpc) is 3.21. The summed E-state index contributed by atoms with van der Waals surface area (Å²) in [5, 5.41) is 7.80. The second-order valence-corrected chi connectivity index (χ2v) is 7.56. The van der Waals surface area contributed by atoms with Gasteiger partial charge in [-0.2, -0.15) is 5.10 Å². The van der Waals surface area contributed by atoms with E-state index in [-0.39, 0.29) is 5.91 Å². The molecule has 0 radical (unpaired) electrons. The van der Waals surface area contributed by atoms with Crippen molar-refractivity contribution >= 4 is 32.6 Å². The number of benzene rings is 2. The Morgan fingerprint density at radius 1 is 1.18 bits per heavy atom. The van der Waals surface area contributed by atoms with Gasteiger partial charge in [0.15, 0.2) is 5.13 Å². The van der Waals surface area contributed by atoms with Crippen LogP contribution in [-0.2, 0) is 18.3 Å². The number of rotatable bonds is 6. The maximum atomic E-state index is 12.3. The smallest absolute Gasteiger partial charge is 0.226 e. The first kappa shape index (κ1) is 18.2. The van der Waals surface area contributed by atoms with E-state index < -0.39 is 0 Å². The fourth-order valence-electron chi connectivity index (χ4n) is 2.97. The van der Waals surface area contributed by atoms with E-state index in [9.17, 15) is 4.79 Å². The lowest BCUT2D eigenvalue weighted by atomic mass is 10.1. The minimum Gasteiger partial charge on any atom is -0.457 e. The molecule has 4 aromatic rings. The first-order valence-corrected chi connectivity index (χ1v) is 9.81. The van der Waals surface area contributed by atoms with Crippen LogP contribution in [0.4, 0.5) is 5.13 Å². The highest BCUT2D eigenvalue weighted by Gasteiger charge is 2.11. The molecule has 0 saturated heterocycles. The van der Waals surface area contributed by atoms with Gasteiger partial charge in [0.1, 0.15) is 11.5 Å². The largest absolute Gasteiger partial charge is 0.457 e. The minimum atomic E-state index is -0.0527. The number of nitrogens with zero attached hydrogens (tertiary/aromatic N) is 3. The van der Waals surface area contributed by atoms with Gasteiger partial charge >= 0.3 is 0 Å². The number of carbonyl (C=O) groups excluding carboxylic acids is 1. The normalized spacial score (nSPS) is 10.9. The molecular weight excluding hydrogens is 372 g/mol. The molecule has 0 spiro atoms. The van der Waals surface area contributed by atoms with E-state index in [1.165, 1.54) is 11.3 Å². The van der Waals surface area contributed by atoms with Crippen LogP contribution in [0.2, 0.25) is 0 Å². The molecule has 2 aromatic carbocycles. The molecule has 0 fully saturated rings. The van der Waals surface area contributed by atoms with Crippen LogP contribution in [0.5, 0.6) is 11.5 Å². The number of nitrogens with one attached hydrogen (secondary N) is 1. The number of thiazole rings is 1. The van der Waals surface area contributed by atoms with Crippen LogP contribution in [-0.4, -0.2) is 20.7 Å². The van der Waals surface area contributed by atoms with E-state index in [2.05, 4.69) is 15.4 Å². The predicted molar refractivity (Wildman–Crippen MR) is 111 cm³/mol. The minimum absolute atomic E-state index is 0.0527. The summed E-state index contributed by atoms with van der Waals surface area (Å²) >= 11 is 1.44. The van der Waals surface area contributed by atoms with E-state index >= 15 is 0 Å².